The van der Waals surface area contributed by atoms with Gasteiger partial charge in [-0.15, -0.1) is 0 Å². The Balaban J connectivity index is 3.33. The summed E-state index contributed by atoms with van der Waals surface area (Å²) in [5.74, 6) is -0.0114. The zero-order chi connectivity index (χ0) is 64.9. The van der Waals surface area contributed by atoms with Crippen molar-refractivity contribution in [1.29, 1.82) is 0 Å². The molecule has 2 atom stereocenters. The molecule has 0 rings (SSSR count). The van der Waals surface area contributed by atoms with Gasteiger partial charge in [-0.25, -0.2) is 0 Å². The van der Waals surface area contributed by atoms with Gasteiger partial charge < -0.3 is 20.3 Å². The number of hydrogen-bond acceptors (Lipinski definition) is 5. The van der Waals surface area contributed by atoms with Gasteiger partial charge in [0.15, 0.2) is 0 Å². The van der Waals surface area contributed by atoms with Gasteiger partial charge in [-0.1, -0.05) is 411 Å². The van der Waals surface area contributed by atoms with Crippen molar-refractivity contribution in [2.75, 3.05) is 13.2 Å². The quantitative estimate of drug-likeness (QED) is 0.0320. The average molecular weight is 1270 g/mol. The largest absolute Gasteiger partial charge is 0.466 e. The van der Waals surface area contributed by atoms with E-state index in [1.165, 1.54) is 398 Å². The molecule has 0 spiro atoms. The van der Waals surface area contributed by atoms with Crippen molar-refractivity contribution >= 4 is 11.9 Å². The normalized spacial score (nSPS) is 12.5. The number of aliphatic hydroxyl groups excluding tert-OH is 2. The number of unbranched alkanes of at least 4 members (excludes halogenated alkanes) is 64. The predicted molar refractivity (Wildman–Crippen MR) is 398 cm³/mol. The van der Waals surface area contributed by atoms with Crippen molar-refractivity contribution in [3.63, 3.8) is 0 Å². The molecule has 534 valence electrons. The molecule has 3 N–H and O–H groups in total. The first-order valence-electron chi connectivity index (χ1n) is 41.6. The van der Waals surface area contributed by atoms with Crippen molar-refractivity contribution in [2.45, 2.75) is 488 Å². The third-order valence-electron chi connectivity index (χ3n) is 19.7. The highest BCUT2D eigenvalue weighted by molar-refractivity contribution is 5.76. The van der Waals surface area contributed by atoms with Crippen molar-refractivity contribution in [1.82, 2.24) is 5.32 Å². The fourth-order valence-corrected chi connectivity index (χ4v) is 13.4. The summed E-state index contributed by atoms with van der Waals surface area (Å²) in [5, 5.41) is 23.5. The summed E-state index contributed by atoms with van der Waals surface area (Å²) in [7, 11) is 0. The Hall–Kier alpha value is -1.66. The Bertz CT molecular complexity index is 1410. The van der Waals surface area contributed by atoms with Crippen LogP contribution < -0.4 is 5.32 Å². The summed E-state index contributed by atoms with van der Waals surface area (Å²) >= 11 is 0. The first kappa shape index (κ1) is 88.3. The van der Waals surface area contributed by atoms with E-state index in [0.29, 0.717) is 25.9 Å². The molecule has 0 aromatic rings. The van der Waals surface area contributed by atoms with Crippen molar-refractivity contribution in [3.8, 4) is 0 Å². The predicted octanol–water partition coefficient (Wildman–Crippen LogP) is 27.6. The smallest absolute Gasteiger partial charge is 0.305 e. The summed E-state index contributed by atoms with van der Waals surface area (Å²) in [5.41, 5.74) is 0. The fourth-order valence-electron chi connectivity index (χ4n) is 13.4. The van der Waals surface area contributed by atoms with Gasteiger partial charge in [0.1, 0.15) is 0 Å². The van der Waals surface area contributed by atoms with Gasteiger partial charge in [0.05, 0.1) is 25.4 Å². The van der Waals surface area contributed by atoms with Crippen LogP contribution >= 0.6 is 0 Å². The lowest BCUT2D eigenvalue weighted by Gasteiger charge is -2.22. The molecule has 0 aliphatic heterocycles. The molecule has 6 heteroatoms. The van der Waals surface area contributed by atoms with Crippen LogP contribution in [0.15, 0.2) is 24.3 Å². The van der Waals surface area contributed by atoms with Crippen LogP contribution in [-0.4, -0.2) is 47.4 Å². The Kier molecular flexibility index (Phi) is 78.3. The molecule has 0 bridgehead atoms. The highest BCUT2D eigenvalue weighted by Crippen LogP contribution is 2.20. The van der Waals surface area contributed by atoms with Gasteiger partial charge in [0.25, 0.3) is 0 Å². The molecule has 90 heavy (non-hydrogen) atoms. The van der Waals surface area contributed by atoms with Gasteiger partial charge in [0, 0.05) is 12.8 Å². The minimum absolute atomic E-state index is 0.0139. The molecule has 0 fully saturated rings. The van der Waals surface area contributed by atoms with Crippen LogP contribution in [-0.2, 0) is 14.3 Å². The van der Waals surface area contributed by atoms with Gasteiger partial charge in [0.2, 0.25) is 5.91 Å². The molecule has 0 aromatic heterocycles. The van der Waals surface area contributed by atoms with Crippen molar-refractivity contribution in [2.24, 2.45) is 0 Å². The SMILES string of the molecule is CCCCCCC/C=C\CCCCCCCC(=O)OCCCCCCCCCCCCCCCCCC/C=C\CCCCCCCCCCCCCCCCCCCC(=O)NC(CO)C(O)CCCCCCCCCCCCCCCCCCCCCCCC. The van der Waals surface area contributed by atoms with Gasteiger partial charge in [-0.3, -0.25) is 9.59 Å². The summed E-state index contributed by atoms with van der Waals surface area (Å²) in [6.07, 6.45) is 103. The molecular weight excluding hydrogens is 1100 g/mol. The van der Waals surface area contributed by atoms with E-state index < -0.39 is 12.1 Å². The summed E-state index contributed by atoms with van der Waals surface area (Å²) in [4.78, 5) is 24.6. The Morgan fingerprint density at radius 3 is 0.789 bits per heavy atom. The van der Waals surface area contributed by atoms with Crippen LogP contribution in [0, 0.1) is 0 Å². The van der Waals surface area contributed by atoms with Crippen LogP contribution in [0.3, 0.4) is 0 Å². The zero-order valence-electron chi connectivity index (χ0n) is 61.4. The summed E-state index contributed by atoms with van der Waals surface area (Å²) in [6.45, 7) is 5.00. The second kappa shape index (κ2) is 79.8. The first-order valence-corrected chi connectivity index (χ1v) is 41.6. The second-order valence-corrected chi connectivity index (χ2v) is 28.8. The number of aliphatic hydroxyl groups is 2. The molecule has 0 radical (unpaired) electrons. The van der Waals surface area contributed by atoms with Crippen LogP contribution in [0.2, 0.25) is 0 Å². The lowest BCUT2D eigenvalue weighted by atomic mass is 10.0. The minimum atomic E-state index is -0.663. The number of carbonyl (C=O) groups is 2. The summed E-state index contributed by atoms with van der Waals surface area (Å²) < 4.78 is 5.49. The number of nitrogens with one attached hydrogen (secondary N) is 1. The maximum Gasteiger partial charge on any atom is 0.305 e. The molecule has 0 aliphatic rings. The number of carbonyl (C=O) groups excluding carboxylic acids is 2. The highest BCUT2D eigenvalue weighted by Gasteiger charge is 2.20. The Labute approximate surface area is 564 Å². The molecule has 0 heterocycles. The molecule has 0 saturated heterocycles. The number of amides is 1. The standard InChI is InChI=1S/C84H163NO5/c1-3-5-7-9-11-13-15-17-19-20-21-22-40-43-46-49-52-56-60-64-68-72-76-82(87)81(80-86)85-83(88)77-73-69-65-61-57-53-50-47-44-41-38-36-34-32-30-28-26-24-23-25-27-29-31-33-35-37-39-42-45-48-51-55-59-63-67-71-75-79-90-84(89)78-74-70-66-62-58-54-18-16-14-12-10-8-6-4-2/h16,18,23,25,81-82,86-87H,3-15,17,19-22,24,26-80H2,1-2H3,(H,85,88)/b18-16-,25-23-. The number of esters is 1. The van der Waals surface area contributed by atoms with Crippen LogP contribution in [0.5, 0.6) is 0 Å². The maximum absolute atomic E-state index is 12.6. The molecule has 0 aromatic carbocycles. The van der Waals surface area contributed by atoms with E-state index in [1.54, 1.807) is 0 Å². The van der Waals surface area contributed by atoms with E-state index in [0.717, 1.165) is 44.9 Å². The third kappa shape index (κ3) is 75.4. The fraction of sp³-hybridized carbons (Fsp3) is 0.929. The van der Waals surface area contributed by atoms with Crippen molar-refractivity contribution in [3.05, 3.63) is 24.3 Å². The molecule has 0 saturated carbocycles. The molecular formula is C84H163NO5. The van der Waals surface area contributed by atoms with E-state index >= 15 is 0 Å². The maximum atomic E-state index is 12.6. The number of allylic oxidation sites excluding steroid dienone is 4. The molecule has 2 unspecified atom stereocenters. The topological polar surface area (TPSA) is 95.9 Å². The van der Waals surface area contributed by atoms with E-state index in [2.05, 4.69) is 43.5 Å². The van der Waals surface area contributed by atoms with Crippen molar-refractivity contribution < 1.29 is 24.5 Å². The van der Waals surface area contributed by atoms with Crippen LogP contribution in [0.25, 0.3) is 0 Å². The van der Waals surface area contributed by atoms with E-state index in [-0.39, 0.29) is 18.5 Å². The average Bonchev–Trinajstić information content (AvgIpc) is 3.68. The number of ether oxygens (including phenoxy) is 1. The summed E-state index contributed by atoms with van der Waals surface area (Å²) in [6, 6.07) is -0.539. The van der Waals surface area contributed by atoms with Crippen LogP contribution in [0.1, 0.15) is 476 Å². The van der Waals surface area contributed by atoms with E-state index in [1.807, 2.05) is 0 Å². The molecule has 1 amide bonds. The lowest BCUT2D eigenvalue weighted by Crippen LogP contribution is -2.45. The van der Waals surface area contributed by atoms with Crippen LogP contribution in [0.4, 0.5) is 0 Å². The lowest BCUT2D eigenvalue weighted by molar-refractivity contribution is -0.143. The first-order chi connectivity index (χ1) is 44.5. The Morgan fingerprint density at radius 1 is 0.300 bits per heavy atom. The molecule has 6 nitrogen and oxygen atoms in total. The second-order valence-electron chi connectivity index (χ2n) is 28.8. The van der Waals surface area contributed by atoms with E-state index in [9.17, 15) is 19.8 Å². The minimum Gasteiger partial charge on any atom is -0.466 e. The van der Waals surface area contributed by atoms with E-state index in [4.69, 9.17) is 4.74 Å². The third-order valence-corrected chi connectivity index (χ3v) is 19.7. The van der Waals surface area contributed by atoms with Gasteiger partial charge in [-0.05, 0) is 77.0 Å². The number of hydrogen-bond donors (Lipinski definition) is 3. The molecule has 0 aliphatic carbocycles. The highest BCUT2D eigenvalue weighted by atomic mass is 16.5. The zero-order valence-corrected chi connectivity index (χ0v) is 61.4. The Morgan fingerprint density at radius 2 is 0.522 bits per heavy atom. The number of rotatable bonds is 79. The van der Waals surface area contributed by atoms with Gasteiger partial charge >= 0.3 is 5.97 Å². The monoisotopic (exact) mass is 1270 g/mol. The van der Waals surface area contributed by atoms with Gasteiger partial charge in [-0.2, -0.15) is 0 Å².